The Morgan fingerprint density at radius 3 is 2.65 bits per heavy atom. The molecule has 2 N–H and O–H groups in total. The zero-order valence-corrected chi connectivity index (χ0v) is 13.8. The van der Waals surface area contributed by atoms with Crippen LogP contribution >= 0.6 is 0 Å². The molecule has 23 heavy (non-hydrogen) atoms. The van der Waals surface area contributed by atoms with Crippen LogP contribution in [-0.4, -0.2) is 24.5 Å². The number of rotatable bonds is 7. The summed E-state index contributed by atoms with van der Waals surface area (Å²) in [5, 5.41) is 6.10. The molecule has 0 aliphatic carbocycles. The highest BCUT2D eigenvalue weighted by molar-refractivity contribution is 6.03. The molecule has 1 aromatic carbocycles. The van der Waals surface area contributed by atoms with Gasteiger partial charge in [0, 0.05) is 6.54 Å². The standard InChI is InChI=1S/C18H23N3O2/c1-13(2)10-11-19-14-8-9-16(20-12-14)18(22)21-15-6-4-5-7-17(15)23-3/h4-9,12-13,19H,10-11H2,1-3H3,(H,21,22). The molecule has 0 aliphatic rings. The van der Waals surface area contributed by atoms with Crippen molar-refractivity contribution in [2.75, 3.05) is 24.3 Å². The minimum atomic E-state index is -0.261. The van der Waals surface area contributed by atoms with Crippen molar-refractivity contribution in [2.45, 2.75) is 20.3 Å². The van der Waals surface area contributed by atoms with E-state index in [2.05, 4.69) is 29.5 Å². The molecule has 122 valence electrons. The number of amides is 1. The maximum absolute atomic E-state index is 12.2. The minimum absolute atomic E-state index is 0.261. The maximum atomic E-state index is 12.2. The van der Waals surface area contributed by atoms with E-state index in [0.29, 0.717) is 23.0 Å². The lowest BCUT2D eigenvalue weighted by Gasteiger charge is -2.10. The normalized spacial score (nSPS) is 10.4. The molecule has 2 aromatic rings. The van der Waals surface area contributed by atoms with Gasteiger partial charge in [0.05, 0.1) is 24.7 Å². The number of ether oxygens (including phenoxy) is 1. The van der Waals surface area contributed by atoms with Crippen LogP contribution in [0.15, 0.2) is 42.6 Å². The molecular weight excluding hydrogens is 290 g/mol. The van der Waals surface area contributed by atoms with Gasteiger partial charge in [-0.1, -0.05) is 26.0 Å². The lowest BCUT2D eigenvalue weighted by Crippen LogP contribution is -2.14. The van der Waals surface area contributed by atoms with Gasteiger partial charge in [-0.05, 0) is 36.6 Å². The summed E-state index contributed by atoms with van der Waals surface area (Å²) in [4.78, 5) is 16.5. The van der Waals surface area contributed by atoms with Crippen LogP contribution in [0.25, 0.3) is 0 Å². The average Bonchev–Trinajstić information content (AvgIpc) is 2.55. The van der Waals surface area contributed by atoms with Gasteiger partial charge in [0.1, 0.15) is 11.4 Å². The Morgan fingerprint density at radius 1 is 1.22 bits per heavy atom. The van der Waals surface area contributed by atoms with E-state index < -0.39 is 0 Å². The summed E-state index contributed by atoms with van der Waals surface area (Å²) < 4.78 is 5.22. The lowest BCUT2D eigenvalue weighted by atomic mass is 10.1. The summed E-state index contributed by atoms with van der Waals surface area (Å²) in [6, 6.07) is 10.9. The quantitative estimate of drug-likeness (QED) is 0.816. The fourth-order valence-electron chi connectivity index (χ4n) is 2.07. The number of benzene rings is 1. The molecule has 0 saturated heterocycles. The molecule has 5 nitrogen and oxygen atoms in total. The van der Waals surface area contributed by atoms with E-state index in [1.165, 1.54) is 0 Å². The molecule has 5 heteroatoms. The van der Waals surface area contributed by atoms with Crippen LogP contribution in [-0.2, 0) is 0 Å². The van der Waals surface area contributed by atoms with Gasteiger partial charge in [0.2, 0.25) is 0 Å². The van der Waals surface area contributed by atoms with Crippen LogP contribution in [0.4, 0.5) is 11.4 Å². The Bertz CT molecular complexity index is 639. The van der Waals surface area contributed by atoms with Crippen LogP contribution < -0.4 is 15.4 Å². The Kier molecular flexibility index (Phi) is 5.97. The van der Waals surface area contributed by atoms with Gasteiger partial charge in [-0.25, -0.2) is 4.98 Å². The zero-order valence-electron chi connectivity index (χ0n) is 13.8. The third-order valence-electron chi connectivity index (χ3n) is 3.40. The van der Waals surface area contributed by atoms with Crippen molar-refractivity contribution in [1.29, 1.82) is 0 Å². The van der Waals surface area contributed by atoms with E-state index in [4.69, 9.17) is 4.74 Å². The first-order chi connectivity index (χ1) is 11.1. The number of carbonyl (C=O) groups excluding carboxylic acids is 1. The zero-order chi connectivity index (χ0) is 16.7. The summed E-state index contributed by atoms with van der Waals surface area (Å²) >= 11 is 0. The van der Waals surface area contributed by atoms with Crippen molar-refractivity contribution in [3.8, 4) is 5.75 Å². The SMILES string of the molecule is COc1ccccc1NC(=O)c1ccc(NCCC(C)C)cn1. The van der Waals surface area contributed by atoms with Gasteiger partial charge in [0.15, 0.2) is 0 Å². The molecule has 0 fully saturated rings. The second kappa shape index (κ2) is 8.17. The molecule has 0 spiro atoms. The number of pyridine rings is 1. The van der Waals surface area contributed by atoms with Crippen LogP contribution in [0, 0.1) is 5.92 Å². The van der Waals surface area contributed by atoms with Gasteiger partial charge in [-0.3, -0.25) is 4.79 Å². The summed E-state index contributed by atoms with van der Waals surface area (Å²) in [7, 11) is 1.57. The van der Waals surface area contributed by atoms with Gasteiger partial charge < -0.3 is 15.4 Å². The predicted octanol–water partition coefficient (Wildman–Crippen LogP) is 3.80. The highest BCUT2D eigenvalue weighted by Gasteiger charge is 2.10. The fourth-order valence-corrected chi connectivity index (χ4v) is 2.07. The number of nitrogens with zero attached hydrogens (tertiary/aromatic N) is 1. The van der Waals surface area contributed by atoms with E-state index >= 15 is 0 Å². The molecule has 0 atom stereocenters. The third-order valence-corrected chi connectivity index (χ3v) is 3.40. The van der Waals surface area contributed by atoms with Gasteiger partial charge >= 0.3 is 0 Å². The molecule has 1 aromatic heterocycles. The molecule has 0 saturated carbocycles. The van der Waals surface area contributed by atoms with E-state index in [1.54, 1.807) is 31.5 Å². The predicted molar refractivity (Wildman–Crippen MR) is 93.1 cm³/mol. The number of hydrogen-bond acceptors (Lipinski definition) is 4. The number of anilines is 2. The van der Waals surface area contributed by atoms with E-state index in [-0.39, 0.29) is 5.91 Å². The van der Waals surface area contributed by atoms with Gasteiger partial charge in [-0.15, -0.1) is 0 Å². The first kappa shape index (κ1) is 16.8. The van der Waals surface area contributed by atoms with Crippen molar-refractivity contribution in [1.82, 2.24) is 4.98 Å². The van der Waals surface area contributed by atoms with Crippen molar-refractivity contribution in [2.24, 2.45) is 5.92 Å². The fraction of sp³-hybridized carbons (Fsp3) is 0.333. The molecule has 0 radical (unpaired) electrons. The second-order valence-corrected chi connectivity index (χ2v) is 5.70. The molecule has 1 heterocycles. The monoisotopic (exact) mass is 313 g/mol. The second-order valence-electron chi connectivity index (χ2n) is 5.70. The van der Waals surface area contributed by atoms with Gasteiger partial charge in [-0.2, -0.15) is 0 Å². The maximum Gasteiger partial charge on any atom is 0.274 e. The number of aromatic nitrogens is 1. The Hall–Kier alpha value is -2.56. The molecule has 2 rings (SSSR count). The molecular formula is C18H23N3O2. The summed E-state index contributed by atoms with van der Waals surface area (Å²) in [6.07, 6.45) is 2.77. The highest BCUT2D eigenvalue weighted by Crippen LogP contribution is 2.23. The Balaban J connectivity index is 1.97. The first-order valence-electron chi connectivity index (χ1n) is 7.74. The smallest absolute Gasteiger partial charge is 0.274 e. The van der Waals surface area contributed by atoms with Crippen molar-refractivity contribution in [3.05, 3.63) is 48.3 Å². The van der Waals surface area contributed by atoms with E-state index in [9.17, 15) is 4.79 Å². The summed E-state index contributed by atoms with van der Waals surface area (Å²) in [6.45, 7) is 5.27. The van der Waals surface area contributed by atoms with Crippen LogP contribution in [0.2, 0.25) is 0 Å². The Labute approximate surface area is 137 Å². The molecule has 1 amide bonds. The summed E-state index contributed by atoms with van der Waals surface area (Å²) in [5.41, 5.74) is 1.91. The molecule has 0 unspecified atom stereocenters. The van der Waals surface area contributed by atoms with E-state index in [0.717, 1.165) is 18.7 Å². The van der Waals surface area contributed by atoms with Crippen molar-refractivity contribution in [3.63, 3.8) is 0 Å². The van der Waals surface area contributed by atoms with E-state index in [1.807, 2.05) is 18.2 Å². The number of hydrogen-bond donors (Lipinski definition) is 2. The number of para-hydroxylation sites is 2. The van der Waals surface area contributed by atoms with Crippen LogP contribution in [0.5, 0.6) is 5.75 Å². The first-order valence-corrected chi connectivity index (χ1v) is 7.74. The topological polar surface area (TPSA) is 63.2 Å². The highest BCUT2D eigenvalue weighted by atomic mass is 16.5. The summed E-state index contributed by atoms with van der Waals surface area (Å²) in [5.74, 6) is 1.01. The van der Waals surface area contributed by atoms with Crippen molar-refractivity contribution >= 4 is 17.3 Å². The number of nitrogens with one attached hydrogen (secondary N) is 2. The Morgan fingerprint density at radius 2 is 2.00 bits per heavy atom. The van der Waals surface area contributed by atoms with Crippen LogP contribution in [0.1, 0.15) is 30.8 Å². The van der Waals surface area contributed by atoms with Crippen molar-refractivity contribution < 1.29 is 9.53 Å². The number of methoxy groups -OCH3 is 1. The van der Waals surface area contributed by atoms with Gasteiger partial charge in [0.25, 0.3) is 5.91 Å². The molecule has 0 aliphatic heterocycles. The molecule has 0 bridgehead atoms. The van der Waals surface area contributed by atoms with Crippen LogP contribution in [0.3, 0.4) is 0 Å². The lowest BCUT2D eigenvalue weighted by molar-refractivity contribution is 0.102. The largest absolute Gasteiger partial charge is 0.495 e. The minimum Gasteiger partial charge on any atom is -0.495 e. The average molecular weight is 313 g/mol. The third kappa shape index (κ3) is 4.98. The number of carbonyl (C=O) groups is 1.